The first-order chi connectivity index (χ1) is 11.0. The Morgan fingerprint density at radius 3 is 2.65 bits per heavy atom. The number of esters is 1. The molecule has 23 heavy (non-hydrogen) atoms. The molecule has 116 valence electrons. The van der Waals surface area contributed by atoms with Crippen molar-refractivity contribution in [3.05, 3.63) is 59.7 Å². The average molecular weight is 310 g/mol. The van der Waals surface area contributed by atoms with Crippen LogP contribution in [-0.2, 0) is 9.53 Å². The number of anilines is 1. The number of para-hydroxylation sites is 1. The molecule has 0 aliphatic carbocycles. The highest BCUT2D eigenvalue weighted by atomic mass is 16.5. The number of ether oxygens (including phenoxy) is 1. The smallest absolute Gasteiger partial charge is 0.342 e. The molecule has 0 heterocycles. The normalized spacial score (nSPS) is 11.1. The zero-order valence-electron chi connectivity index (χ0n) is 12.3. The van der Waals surface area contributed by atoms with Crippen LogP contribution >= 0.6 is 0 Å². The molecule has 1 atom stereocenters. The van der Waals surface area contributed by atoms with Crippen molar-refractivity contribution in [1.82, 2.24) is 0 Å². The summed E-state index contributed by atoms with van der Waals surface area (Å²) in [6, 6.07) is 14.2. The molecule has 0 bridgehead atoms. The van der Waals surface area contributed by atoms with Crippen LogP contribution in [0.5, 0.6) is 5.75 Å². The number of carbonyl (C=O) groups is 2. The summed E-state index contributed by atoms with van der Waals surface area (Å²) in [6.45, 7) is 1.42. The van der Waals surface area contributed by atoms with E-state index in [4.69, 9.17) is 10.00 Å². The molecular formula is C17H14N2O4. The second kappa shape index (κ2) is 7.09. The van der Waals surface area contributed by atoms with E-state index in [1.54, 1.807) is 30.3 Å². The van der Waals surface area contributed by atoms with Crippen LogP contribution in [-0.4, -0.2) is 23.1 Å². The number of phenolic OH excluding ortho intramolecular Hbond substituents is 1. The number of phenols is 1. The van der Waals surface area contributed by atoms with E-state index in [9.17, 15) is 14.7 Å². The van der Waals surface area contributed by atoms with E-state index >= 15 is 0 Å². The molecule has 1 unspecified atom stereocenters. The molecule has 6 nitrogen and oxygen atoms in total. The summed E-state index contributed by atoms with van der Waals surface area (Å²) in [5.41, 5.74) is 0.819. The van der Waals surface area contributed by atoms with E-state index in [0.29, 0.717) is 11.3 Å². The number of nitrogens with one attached hydrogen (secondary N) is 1. The number of amides is 1. The van der Waals surface area contributed by atoms with E-state index in [-0.39, 0.29) is 11.3 Å². The molecule has 0 aliphatic heterocycles. The Labute approximate surface area is 132 Å². The van der Waals surface area contributed by atoms with Crippen molar-refractivity contribution in [1.29, 1.82) is 5.26 Å². The number of nitriles is 1. The average Bonchev–Trinajstić information content (AvgIpc) is 2.55. The van der Waals surface area contributed by atoms with Gasteiger partial charge < -0.3 is 15.2 Å². The fourth-order valence-electron chi connectivity index (χ4n) is 1.83. The molecule has 1 amide bonds. The van der Waals surface area contributed by atoms with Gasteiger partial charge in [0, 0.05) is 5.69 Å². The highest BCUT2D eigenvalue weighted by Crippen LogP contribution is 2.17. The molecule has 2 rings (SSSR count). The third kappa shape index (κ3) is 4.08. The molecular weight excluding hydrogens is 296 g/mol. The minimum absolute atomic E-state index is 0.0152. The molecule has 6 heteroatoms. The van der Waals surface area contributed by atoms with Crippen LogP contribution in [0.15, 0.2) is 48.5 Å². The number of benzene rings is 2. The van der Waals surface area contributed by atoms with Gasteiger partial charge in [-0.25, -0.2) is 4.79 Å². The maximum Gasteiger partial charge on any atom is 0.342 e. The van der Waals surface area contributed by atoms with Gasteiger partial charge in [0.25, 0.3) is 5.91 Å². The fourth-order valence-corrected chi connectivity index (χ4v) is 1.83. The Balaban J connectivity index is 2.01. The highest BCUT2D eigenvalue weighted by molar-refractivity contribution is 5.98. The molecule has 0 saturated carbocycles. The molecule has 2 aromatic rings. The maximum atomic E-state index is 12.0. The lowest BCUT2D eigenvalue weighted by Gasteiger charge is -2.14. The lowest BCUT2D eigenvalue weighted by molar-refractivity contribution is -0.123. The van der Waals surface area contributed by atoms with Gasteiger partial charge in [-0.05, 0) is 37.3 Å². The van der Waals surface area contributed by atoms with E-state index in [2.05, 4.69) is 5.32 Å². The van der Waals surface area contributed by atoms with Crippen molar-refractivity contribution in [2.75, 3.05) is 5.32 Å². The summed E-state index contributed by atoms with van der Waals surface area (Å²) in [7, 11) is 0. The van der Waals surface area contributed by atoms with Gasteiger partial charge in [-0.2, -0.15) is 5.26 Å². The number of carbonyl (C=O) groups excluding carboxylic acids is 2. The Morgan fingerprint density at radius 2 is 1.96 bits per heavy atom. The van der Waals surface area contributed by atoms with Gasteiger partial charge in [-0.15, -0.1) is 0 Å². The van der Waals surface area contributed by atoms with E-state index in [1.165, 1.54) is 25.1 Å². The first-order valence-electron chi connectivity index (χ1n) is 6.81. The SMILES string of the molecule is CC(OC(=O)c1ccccc1O)C(=O)Nc1cccc(C#N)c1. The molecule has 0 fully saturated rings. The fraction of sp³-hybridized carbons (Fsp3) is 0.118. The van der Waals surface area contributed by atoms with Crippen molar-refractivity contribution in [3.63, 3.8) is 0 Å². The first kappa shape index (κ1) is 16.0. The summed E-state index contributed by atoms with van der Waals surface area (Å²) >= 11 is 0. The lowest BCUT2D eigenvalue weighted by atomic mass is 10.2. The molecule has 0 aliphatic rings. The van der Waals surface area contributed by atoms with Crippen LogP contribution in [0, 0.1) is 11.3 Å². The monoisotopic (exact) mass is 310 g/mol. The van der Waals surface area contributed by atoms with Crippen molar-refractivity contribution >= 4 is 17.6 Å². The van der Waals surface area contributed by atoms with Gasteiger partial charge in [0.2, 0.25) is 0 Å². The summed E-state index contributed by atoms with van der Waals surface area (Å²) in [6.07, 6.45) is -1.06. The van der Waals surface area contributed by atoms with Crippen LogP contribution in [0.1, 0.15) is 22.8 Å². The standard InChI is InChI=1S/C17H14N2O4/c1-11(23-17(22)14-7-2-3-8-15(14)20)16(21)19-13-6-4-5-12(9-13)10-18/h2-9,11,20H,1H3,(H,19,21). The molecule has 0 spiro atoms. The molecule has 2 aromatic carbocycles. The summed E-state index contributed by atoms with van der Waals surface area (Å²) in [5.74, 6) is -1.55. The van der Waals surface area contributed by atoms with Crippen molar-refractivity contribution < 1.29 is 19.4 Å². The Morgan fingerprint density at radius 1 is 1.22 bits per heavy atom. The largest absolute Gasteiger partial charge is 0.507 e. The predicted octanol–water partition coefficient (Wildman–Crippen LogP) is 2.45. The second-order valence-corrected chi connectivity index (χ2v) is 4.75. The molecule has 2 N–H and O–H groups in total. The van der Waals surface area contributed by atoms with Gasteiger partial charge in [-0.1, -0.05) is 18.2 Å². The van der Waals surface area contributed by atoms with Crippen LogP contribution in [0.4, 0.5) is 5.69 Å². The van der Waals surface area contributed by atoms with E-state index < -0.39 is 18.0 Å². The Kier molecular flexibility index (Phi) is 4.95. The van der Waals surface area contributed by atoms with Crippen molar-refractivity contribution in [3.8, 4) is 11.8 Å². The topological polar surface area (TPSA) is 99.4 Å². The van der Waals surface area contributed by atoms with Crippen LogP contribution in [0.2, 0.25) is 0 Å². The number of hydrogen-bond donors (Lipinski definition) is 2. The predicted molar refractivity (Wildman–Crippen MR) is 82.8 cm³/mol. The summed E-state index contributed by atoms with van der Waals surface area (Å²) < 4.78 is 5.03. The summed E-state index contributed by atoms with van der Waals surface area (Å²) in [5, 5.41) is 21.0. The van der Waals surface area contributed by atoms with Crippen molar-refractivity contribution in [2.24, 2.45) is 0 Å². The van der Waals surface area contributed by atoms with E-state index in [1.807, 2.05) is 6.07 Å². The molecule has 0 radical (unpaired) electrons. The second-order valence-electron chi connectivity index (χ2n) is 4.75. The van der Waals surface area contributed by atoms with Crippen LogP contribution in [0.3, 0.4) is 0 Å². The molecule has 0 saturated heterocycles. The highest BCUT2D eigenvalue weighted by Gasteiger charge is 2.20. The third-order valence-corrected chi connectivity index (χ3v) is 3.04. The Bertz CT molecular complexity index is 780. The van der Waals surface area contributed by atoms with E-state index in [0.717, 1.165) is 0 Å². The van der Waals surface area contributed by atoms with Gasteiger partial charge in [0.15, 0.2) is 6.10 Å². The molecule has 0 aromatic heterocycles. The number of rotatable bonds is 4. The number of nitrogens with zero attached hydrogens (tertiary/aromatic N) is 1. The quantitative estimate of drug-likeness (QED) is 0.845. The van der Waals surface area contributed by atoms with Gasteiger partial charge >= 0.3 is 5.97 Å². The third-order valence-electron chi connectivity index (χ3n) is 3.04. The summed E-state index contributed by atoms with van der Waals surface area (Å²) in [4.78, 5) is 24.0. The number of aromatic hydroxyl groups is 1. The Hall–Kier alpha value is -3.33. The lowest BCUT2D eigenvalue weighted by Crippen LogP contribution is -2.30. The first-order valence-corrected chi connectivity index (χ1v) is 6.81. The van der Waals surface area contributed by atoms with Crippen LogP contribution in [0.25, 0.3) is 0 Å². The minimum atomic E-state index is -1.06. The van der Waals surface area contributed by atoms with Gasteiger partial charge in [-0.3, -0.25) is 4.79 Å². The van der Waals surface area contributed by atoms with Crippen molar-refractivity contribution in [2.45, 2.75) is 13.0 Å². The minimum Gasteiger partial charge on any atom is -0.507 e. The number of hydrogen-bond acceptors (Lipinski definition) is 5. The van der Waals surface area contributed by atoms with Gasteiger partial charge in [0.1, 0.15) is 11.3 Å². The van der Waals surface area contributed by atoms with Gasteiger partial charge in [0.05, 0.1) is 11.6 Å². The van der Waals surface area contributed by atoms with Crippen LogP contribution < -0.4 is 5.32 Å². The maximum absolute atomic E-state index is 12.0. The zero-order chi connectivity index (χ0) is 16.8. The zero-order valence-corrected chi connectivity index (χ0v) is 12.3.